The second kappa shape index (κ2) is 5.28. The largest absolute Gasteiger partial charge is 0.328 e. The Morgan fingerprint density at radius 3 is 2.57 bits per heavy atom. The molecule has 3 fully saturated rings. The Morgan fingerprint density at radius 2 is 1.90 bits per heavy atom. The van der Waals surface area contributed by atoms with E-state index in [2.05, 4.69) is 26.6 Å². The zero-order chi connectivity index (χ0) is 14.2. The number of nitrogens with zero attached hydrogens (tertiary/aromatic N) is 3. The second-order valence-corrected chi connectivity index (χ2v) is 6.32. The number of aromatic nitrogens is 2. The van der Waals surface area contributed by atoms with Crippen LogP contribution in [-0.4, -0.2) is 34.1 Å². The first kappa shape index (κ1) is 13.0. The monoisotopic (exact) mass is 282 g/mol. The van der Waals surface area contributed by atoms with Crippen molar-refractivity contribution >= 4 is 0 Å². The Bertz CT molecular complexity index is 598. The number of hydrogen-bond donors (Lipinski definition) is 1. The lowest BCUT2D eigenvalue weighted by Crippen LogP contribution is -2.48. The molecule has 2 aromatic rings. The predicted octanol–water partition coefficient (Wildman–Crippen LogP) is 2.20. The molecule has 2 atom stereocenters. The molecule has 4 heteroatoms. The molecule has 3 saturated heterocycles. The van der Waals surface area contributed by atoms with Crippen molar-refractivity contribution in [2.75, 3.05) is 19.6 Å². The van der Waals surface area contributed by atoms with Crippen LogP contribution in [0.2, 0.25) is 0 Å². The van der Waals surface area contributed by atoms with Crippen LogP contribution in [0.5, 0.6) is 0 Å². The average Bonchev–Trinajstić information content (AvgIpc) is 3.05. The molecule has 2 N–H and O–H groups in total. The fourth-order valence-corrected chi connectivity index (χ4v) is 3.91. The third-order valence-corrected chi connectivity index (χ3v) is 5.15. The van der Waals surface area contributed by atoms with E-state index in [1.54, 1.807) is 0 Å². The van der Waals surface area contributed by atoms with Crippen molar-refractivity contribution in [1.82, 2.24) is 14.5 Å². The van der Waals surface area contributed by atoms with Gasteiger partial charge in [-0.1, -0.05) is 30.3 Å². The molecule has 3 aliphatic rings. The Kier molecular flexibility index (Phi) is 3.28. The van der Waals surface area contributed by atoms with Gasteiger partial charge in [-0.25, -0.2) is 4.98 Å². The molecule has 1 aromatic heterocycles. The predicted molar refractivity (Wildman–Crippen MR) is 82.9 cm³/mol. The van der Waals surface area contributed by atoms with Gasteiger partial charge >= 0.3 is 0 Å². The molecule has 110 valence electrons. The molecule has 21 heavy (non-hydrogen) atoms. The van der Waals surface area contributed by atoms with Crippen LogP contribution in [0, 0.1) is 5.92 Å². The number of piperidine rings is 3. The van der Waals surface area contributed by atoms with Crippen molar-refractivity contribution in [3.63, 3.8) is 0 Å². The molecule has 0 amide bonds. The summed E-state index contributed by atoms with van der Waals surface area (Å²) in [6, 6.07) is 10.8. The fraction of sp³-hybridized carbons (Fsp3) is 0.471. The minimum atomic E-state index is -0.0934. The van der Waals surface area contributed by atoms with E-state index in [-0.39, 0.29) is 6.04 Å². The van der Waals surface area contributed by atoms with E-state index in [4.69, 9.17) is 5.73 Å². The molecule has 1 aromatic carbocycles. The van der Waals surface area contributed by atoms with Crippen molar-refractivity contribution in [2.24, 2.45) is 11.7 Å². The van der Waals surface area contributed by atoms with Gasteiger partial charge in [-0.2, -0.15) is 0 Å². The highest BCUT2D eigenvalue weighted by Gasteiger charge is 2.36. The van der Waals surface area contributed by atoms with Crippen LogP contribution in [0.1, 0.15) is 36.2 Å². The fourth-order valence-electron chi connectivity index (χ4n) is 3.91. The molecule has 0 saturated carbocycles. The number of imidazole rings is 1. The van der Waals surface area contributed by atoms with Crippen LogP contribution in [0.3, 0.4) is 0 Å². The lowest BCUT2D eigenvalue weighted by atomic mass is 9.83. The number of benzene rings is 1. The molecular weight excluding hydrogens is 260 g/mol. The maximum absolute atomic E-state index is 6.49. The molecule has 4 heterocycles. The van der Waals surface area contributed by atoms with Gasteiger partial charge in [0.1, 0.15) is 0 Å². The van der Waals surface area contributed by atoms with Gasteiger partial charge in [-0.3, -0.25) is 0 Å². The summed E-state index contributed by atoms with van der Waals surface area (Å²) in [7, 11) is 0. The van der Waals surface area contributed by atoms with Gasteiger partial charge in [0.15, 0.2) is 0 Å². The van der Waals surface area contributed by atoms with E-state index in [9.17, 15) is 0 Å². The summed E-state index contributed by atoms with van der Waals surface area (Å²) in [4.78, 5) is 6.96. The summed E-state index contributed by atoms with van der Waals surface area (Å²) in [5.74, 6) is 0.783. The quantitative estimate of drug-likeness (QED) is 0.939. The number of rotatable bonds is 3. The summed E-state index contributed by atoms with van der Waals surface area (Å²) in [6.45, 7) is 3.67. The van der Waals surface area contributed by atoms with E-state index in [0.29, 0.717) is 6.04 Å². The van der Waals surface area contributed by atoms with E-state index >= 15 is 0 Å². The third-order valence-electron chi connectivity index (χ3n) is 5.15. The average molecular weight is 282 g/mol. The summed E-state index contributed by atoms with van der Waals surface area (Å²) < 4.78 is 2.34. The van der Waals surface area contributed by atoms with Crippen molar-refractivity contribution in [1.29, 1.82) is 0 Å². The summed E-state index contributed by atoms with van der Waals surface area (Å²) in [5, 5.41) is 0. The molecule has 3 aliphatic heterocycles. The standard InChI is InChI=1S/C17H22N4/c18-17(14-4-2-1-3-5-14)15-10-19-12-21(15)16-11-20-8-6-13(16)7-9-20/h1-5,10,12-13,16-17H,6-9,11,18H2. The lowest BCUT2D eigenvalue weighted by molar-refractivity contribution is 0.0555. The van der Waals surface area contributed by atoms with Gasteiger partial charge in [0.2, 0.25) is 0 Å². The molecule has 2 bridgehead atoms. The molecule has 0 spiro atoms. The van der Waals surface area contributed by atoms with Crippen LogP contribution in [-0.2, 0) is 0 Å². The number of hydrogen-bond acceptors (Lipinski definition) is 3. The molecular formula is C17H22N4. The Morgan fingerprint density at radius 1 is 1.14 bits per heavy atom. The van der Waals surface area contributed by atoms with Gasteiger partial charge in [0.05, 0.1) is 30.3 Å². The molecule has 4 nitrogen and oxygen atoms in total. The van der Waals surface area contributed by atoms with Crippen molar-refractivity contribution in [2.45, 2.75) is 24.9 Å². The normalized spacial score (nSPS) is 29.5. The first-order valence-electron chi connectivity index (χ1n) is 7.87. The van der Waals surface area contributed by atoms with Crippen molar-refractivity contribution in [3.8, 4) is 0 Å². The van der Waals surface area contributed by atoms with Crippen LogP contribution >= 0.6 is 0 Å². The Hall–Kier alpha value is -1.65. The van der Waals surface area contributed by atoms with Crippen LogP contribution in [0.4, 0.5) is 0 Å². The third kappa shape index (κ3) is 2.28. The molecule has 2 unspecified atom stereocenters. The topological polar surface area (TPSA) is 47.1 Å². The molecule has 0 aliphatic carbocycles. The first-order valence-corrected chi connectivity index (χ1v) is 7.87. The number of fused-ring (bicyclic) bond motifs is 3. The van der Waals surface area contributed by atoms with Gasteiger partial charge < -0.3 is 15.2 Å². The SMILES string of the molecule is NC(c1ccccc1)c1cncn1C1CN2CCC1CC2. The summed E-state index contributed by atoms with van der Waals surface area (Å²) in [5.41, 5.74) is 8.78. The van der Waals surface area contributed by atoms with Crippen molar-refractivity contribution in [3.05, 3.63) is 54.1 Å². The highest BCUT2D eigenvalue weighted by molar-refractivity contribution is 5.27. The Labute approximate surface area is 125 Å². The van der Waals surface area contributed by atoms with E-state index in [1.807, 2.05) is 30.7 Å². The smallest absolute Gasteiger partial charge is 0.0951 e. The van der Waals surface area contributed by atoms with Crippen LogP contribution in [0.15, 0.2) is 42.9 Å². The number of nitrogens with two attached hydrogens (primary N) is 1. The van der Waals surface area contributed by atoms with Gasteiger partial charge in [-0.15, -0.1) is 0 Å². The van der Waals surface area contributed by atoms with Crippen LogP contribution < -0.4 is 5.73 Å². The van der Waals surface area contributed by atoms with E-state index < -0.39 is 0 Å². The zero-order valence-electron chi connectivity index (χ0n) is 12.2. The van der Waals surface area contributed by atoms with Gasteiger partial charge in [0.25, 0.3) is 0 Å². The maximum atomic E-state index is 6.49. The zero-order valence-corrected chi connectivity index (χ0v) is 12.2. The van der Waals surface area contributed by atoms with E-state index in [1.165, 1.54) is 25.9 Å². The highest BCUT2D eigenvalue weighted by Crippen LogP contribution is 2.37. The minimum absolute atomic E-state index is 0.0934. The molecule has 5 rings (SSSR count). The summed E-state index contributed by atoms with van der Waals surface area (Å²) in [6.07, 6.45) is 6.53. The Balaban J connectivity index is 1.65. The molecule has 0 radical (unpaired) electrons. The van der Waals surface area contributed by atoms with Crippen molar-refractivity contribution < 1.29 is 0 Å². The van der Waals surface area contributed by atoms with E-state index in [0.717, 1.165) is 23.7 Å². The first-order chi connectivity index (χ1) is 10.3. The lowest BCUT2D eigenvalue weighted by Gasteiger charge is -2.45. The maximum Gasteiger partial charge on any atom is 0.0951 e. The van der Waals surface area contributed by atoms with Gasteiger partial charge in [-0.05, 0) is 37.4 Å². The van der Waals surface area contributed by atoms with Gasteiger partial charge in [0, 0.05) is 6.54 Å². The van der Waals surface area contributed by atoms with Crippen LogP contribution in [0.25, 0.3) is 0 Å². The highest BCUT2D eigenvalue weighted by atomic mass is 15.2. The summed E-state index contributed by atoms with van der Waals surface area (Å²) >= 11 is 0. The minimum Gasteiger partial charge on any atom is -0.328 e. The second-order valence-electron chi connectivity index (χ2n) is 6.32.